The van der Waals surface area contributed by atoms with Gasteiger partial charge in [0.1, 0.15) is 15.9 Å². The van der Waals surface area contributed by atoms with Crippen LogP contribution in [0.4, 0.5) is 0 Å². The second-order valence-electron chi connectivity index (χ2n) is 8.47. The number of nitrogens with one attached hydrogen (secondary N) is 1. The van der Waals surface area contributed by atoms with Crippen LogP contribution in [0, 0.1) is 13.8 Å². The molecule has 0 unspecified atom stereocenters. The average molecular weight is 485 g/mol. The summed E-state index contributed by atoms with van der Waals surface area (Å²) in [5.74, 6) is 0. The summed E-state index contributed by atoms with van der Waals surface area (Å²) in [7, 11) is -3.96. The Hall–Kier alpha value is -2.66. The highest BCUT2D eigenvalue weighted by atomic mass is 32.2. The Morgan fingerprint density at radius 1 is 1.18 bits per heavy atom. The zero-order valence-corrected chi connectivity index (χ0v) is 20.0. The molecule has 1 saturated heterocycles. The molecule has 33 heavy (non-hydrogen) atoms. The molecule has 0 bridgehead atoms. The van der Waals surface area contributed by atoms with E-state index in [4.69, 9.17) is 4.74 Å². The number of hydrogen-bond acceptors (Lipinski definition) is 7. The van der Waals surface area contributed by atoms with Crippen LogP contribution in [0.15, 0.2) is 46.1 Å². The number of ether oxygens (including phenoxy) is 1. The van der Waals surface area contributed by atoms with Gasteiger partial charge in [-0.25, -0.2) is 8.42 Å². The number of rotatable bonds is 6. The number of benzene rings is 2. The van der Waals surface area contributed by atoms with E-state index in [1.807, 2.05) is 26.0 Å². The summed E-state index contributed by atoms with van der Waals surface area (Å²) in [6.07, 6.45) is 1.46. The van der Waals surface area contributed by atoms with E-state index in [-0.39, 0.29) is 29.6 Å². The Morgan fingerprint density at radius 2 is 2.00 bits per heavy atom. The molecule has 0 spiro atoms. The molecule has 1 fully saturated rings. The molecule has 0 amide bonds. The van der Waals surface area contributed by atoms with Gasteiger partial charge >= 0.3 is 0 Å². The third-order valence-corrected chi connectivity index (χ3v) is 8.57. The van der Waals surface area contributed by atoms with Crippen molar-refractivity contribution in [2.24, 2.45) is 0 Å². The maximum atomic E-state index is 13.8. The van der Waals surface area contributed by atoms with Crippen molar-refractivity contribution in [3.8, 4) is 0 Å². The minimum absolute atomic E-state index is 0.0612. The third-order valence-electron chi connectivity index (χ3n) is 6.18. The predicted molar refractivity (Wildman–Crippen MR) is 128 cm³/mol. The molecule has 1 N–H and O–H groups in total. The monoisotopic (exact) mass is 484 g/mol. The van der Waals surface area contributed by atoms with Gasteiger partial charge in [-0.05, 0) is 73.5 Å². The Labute approximate surface area is 195 Å². The molecule has 0 aliphatic carbocycles. The molecule has 5 rings (SSSR count). The smallest absolute Gasteiger partial charge is 0.252 e. The highest BCUT2D eigenvalue weighted by Gasteiger charge is 2.32. The topological polar surface area (TPSA) is 105 Å². The van der Waals surface area contributed by atoms with E-state index in [9.17, 15) is 13.2 Å². The van der Waals surface area contributed by atoms with Crippen molar-refractivity contribution < 1.29 is 13.2 Å². The van der Waals surface area contributed by atoms with Crippen molar-refractivity contribution in [3.63, 3.8) is 0 Å². The first-order chi connectivity index (χ1) is 15.8. The Kier molecular flexibility index (Phi) is 5.77. The van der Waals surface area contributed by atoms with Crippen molar-refractivity contribution in [2.75, 3.05) is 13.2 Å². The summed E-state index contributed by atoms with van der Waals surface area (Å²) in [5.41, 5.74) is 3.89. The number of aryl methyl sites for hydroxylation is 2. The van der Waals surface area contributed by atoms with Crippen molar-refractivity contribution in [2.45, 2.75) is 44.2 Å². The van der Waals surface area contributed by atoms with Gasteiger partial charge in [-0.1, -0.05) is 6.07 Å². The summed E-state index contributed by atoms with van der Waals surface area (Å²) in [4.78, 5) is 15.9. The van der Waals surface area contributed by atoms with Gasteiger partial charge in [-0.2, -0.15) is 13.1 Å². The SMILES string of the molecule is Cc1cc2cc(CN(C[C@@H]3CCCO3)S(=O)(=O)c3cccc4nsnc34)c(=O)[nH]c2cc1C. The highest BCUT2D eigenvalue weighted by Crippen LogP contribution is 2.27. The summed E-state index contributed by atoms with van der Waals surface area (Å²) >= 11 is 0.975. The van der Waals surface area contributed by atoms with Gasteiger partial charge in [0.05, 0.1) is 17.8 Å². The van der Waals surface area contributed by atoms with E-state index >= 15 is 0 Å². The lowest BCUT2D eigenvalue weighted by atomic mass is 10.0. The first-order valence-corrected chi connectivity index (χ1v) is 13.0. The van der Waals surface area contributed by atoms with E-state index in [0.717, 1.165) is 46.6 Å². The van der Waals surface area contributed by atoms with Crippen LogP contribution in [-0.4, -0.2) is 45.7 Å². The fourth-order valence-electron chi connectivity index (χ4n) is 4.22. The van der Waals surface area contributed by atoms with Gasteiger partial charge in [0, 0.05) is 30.8 Å². The Balaban J connectivity index is 1.58. The fourth-order valence-corrected chi connectivity index (χ4v) is 6.42. The molecule has 2 aromatic heterocycles. The van der Waals surface area contributed by atoms with Crippen molar-refractivity contribution >= 4 is 43.7 Å². The maximum Gasteiger partial charge on any atom is 0.252 e. The minimum Gasteiger partial charge on any atom is -0.377 e. The summed E-state index contributed by atoms with van der Waals surface area (Å²) < 4.78 is 43.1. The van der Waals surface area contributed by atoms with E-state index in [0.29, 0.717) is 23.2 Å². The minimum atomic E-state index is -3.96. The molecule has 1 aliphatic heterocycles. The van der Waals surface area contributed by atoms with E-state index in [1.54, 1.807) is 24.3 Å². The molecule has 1 atom stereocenters. The summed E-state index contributed by atoms with van der Waals surface area (Å²) in [5, 5.41) is 0.868. The summed E-state index contributed by atoms with van der Waals surface area (Å²) in [6, 6.07) is 10.7. The lowest BCUT2D eigenvalue weighted by Crippen LogP contribution is -2.38. The van der Waals surface area contributed by atoms with Gasteiger partial charge in [0.15, 0.2) is 0 Å². The van der Waals surface area contributed by atoms with E-state index in [1.165, 1.54) is 4.31 Å². The number of sulfonamides is 1. The molecule has 172 valence electrons. The van der Waals surface area contributed by atoms with E-state index < -0.39 is 10.0 Å². The molecule has 2 aromatic carbocycles. The first kappa shape index (κ1) is 22.1. The molecular weight excluding hydrogens is 460 g/mol. The Morgan fingerprint density at radius 3 is 2.79 bits per heavy atom. The van der Waals surface area contributed by atoms with Crippen LogP contribution in [0.1, 0.15) is 29.5 Å². The van der Waals surface area contributed by atoms with Crippen LogP contribution in [0.25, 0.3) is 21.9 Å². The van der Waals surface area contributed by atoms with Gasteiger partial charge < -0.3 is 9.72 Å². The van der Waals surface area contributed by atoms with Crippen LogP contribution in [0.3, 0.4) is 0 Å². The zero-order chi connectivity index (χ0) is 23.2. The first-order valence-electron chi connectivity index (χ1n) is 10.8. The Bertz CT molecular complexity index is 1500. The van der Waals surface area contributed by atoms with Crippen LogP contribution < -0.4 is 5.56 Å². The quantitative estimate of drug-likeness (QED) is 0.449. The average Bonchev–Trinajstić information content (AvgIpc) is 3.46. The highest BCUT2D eigenvalue weighted by molar-refractivity contribution is 7.89. The normalized spacial score (nSPS) is 16.9. The number of aromatic nitrogens is 3. The number of aromatic amines is 1. The third kappa shape index (κ3) is 4.19. The molecule has 10 heteroatoms. The molecular formula is C23H24N4O4S2. The van der Waals surface area contributed by atoms with Gasteiger partial charge in [-0.3, -0.25) is 4.79 Å². The number of pyridine rings is 1. The maximum absolute atomic E-state index is 13.8. The molecule has 3 heterocycles. The molecule has 1 aliphatic rings. The number of nitrogens with zero attached hydrogens (tertiary/aromatic N) is 3. The summed E-state index contributed by atoms with van der Waals surface area (Å²) in [6.45, 7) is 4.72. The zero-order valence-electron chi connectivity index (χ0n) is 18.4. The van der Waals surface area contributed by atoms with Crippen molar-refractivity contribution in [1.82, 2.24) is 18.0 Å². The predicted octanol–water partition coefficient (Wildman–Crippen LogP) is 3.52. The lowest BCUT2D eigenvalue weighted by Gasteiger charge is -2.25. The van der Waals surface area contributed by atoms with Crippen LogP contribution >= 0.6 is 11.7 Å². The second kappa shape index (κ2) is 8.60. The number of hydrogen-bond donors (Lipinski definition) is 1. The molecule has 8 nitrogen and oxygen atoms in total. The van der Waals surface area contributed by atoms with Crippen LogP contribution in [0.2, 0.25) is 0 Å². The van der Waals surface area contributed by atoms with E-state index in [2.05, 4.69) is 13.7 Å². The van der Waals surface area contributed by atoms with Gasteiger partial charge in [-0.15, -0.1) is 0 Å². The standard InChI is InChI=1S/C23H24N4O4S2/c1-14-9-16-11-17(23(28)24-20(16)10-15(14)2)12-27(13-18-5-4-8-31-18)33(29,30)21-7-3-6-19-22(21)26-32-25-19/h3,6-7,9-11,18H,4-5,8,12-13H2,1-2H3,(H,24,28)/t18-/m0/s1. The van der Waals surface area contributed by atoms with Crippen molar-refractivity contribution in [1.29, 1.82) is 0 Å². The fraction of sp³-hybridized carbons (Fsp3) is 0.348. The number of fused-ring (bicyclic) bond motifs is 2. The molecule has 4 aromatic rings. The van der Waals surface area contributed by atoms with Crippen LogP contribution in [0.5, 0.6) is 0 Å². The van der Waals surface area contributed by atoms with Crippen molar-refractivity contribution in [3.05, 3.63) is 63.4 Å². The number of H-pyrrole nitrogens is 1. The molecule has 0 radical (unpaired) electrons. The van der Waals surface area contributed by atoms with Gasteiger partial charge in [0.25, 0.3) is 5.56 Å². The lowest BCUT2D eigenvalue weighted by molar-refractivity contribution is 0.0925. The molecule has 0 saturated carbocycles. The van der Waals surface area contributed by atoms with Crippen LogP contribution in [-0.2, 0) is 21.3 Å². The largest absolute Gasteiger partial charge is 0.377 e. The second-order valence-corrected chi connectivity index (χ2v) is 10.9. The van der Waals surface area contributed by atoms with Gasteiger partial charge in [0.2, 0.25) is 10.0 Å².